The molecule has 1 aromatic rings. The van der Waals surface area contributed by atoms with E-state index in [2.05, 4.69) is 22.1 Å². The van der Waals surface area contributed by atoms with E-state index in [0.29, 0.717) is 5.88 Å². The standard InChI is InChI=1S/C14H23N3O/c1-3-17(13-7-8-13)10-9-15-11-12-5-4-6-14(16-12)18-2/h4-6,13,15H,3,7-11H2,1-2H3. The van der Waals surface area contributed by atoms with Crippen LogP contribution in [0.5, 0.6) is 5.88 Å². The van der Waals surface area contributed by atoms with E-state index in [9.17, 15) is 0 Å². The van der Waals surface area contributed by atoms with Crippen LogP contribution in [-0.4, -0.2) is 42.7 Å². The molecule has 1 aliphatic carbocycles. The average molecular weight is 249 g/mol. The van der Waals surface area contributed by atoms with Crippen molar-refractivity contribution in [3.8, 4) is 5.88 Å². The van der Waals surface area contributed by atoms with Gasteiger partial charge in [-0.05, 0) is 25.5 Å². The fraction of sp³-hybridized carbons (Fsp3) is 0.643. The highest BCUT2D eigenvalue weighted by molar-refractivity contribution is 5.15. The number of hydrogen-bond acceptors (Lipinski definition) is 4. The number of pyridine rings is 1. The number of likely N-dealkylation sites (N-methyl/N-ethyl adjacent to an activating group) is 1. The fourth-order valence-electron chi connectivity index (χ4n) is 2.15. The van der Waals surface area contributed by atoms with Crippen molar-refractivity contribution in [1.82, 2.24) is 15.2 Å². The van der Waals surface area contributed by atoms with Gasteiger partial charge in [-0.15, -0.1) is 0 Å². The number of aromatic nitrogens is 1. The molecular weight excluding hydrogens is 226 g/mol. The van der Waals surface area contributed by atoms with E-state index in [1.54, 1.807) is 7.11 Å². The summed E-state index contributed by atoms with van der Waals surface area (Å²) in [6.45, 7) is 6.35. The van der Waals surface area contributed by atoms with Crippen LogP contribution in [0.1, 0.15) is 25.5 Å². The summed E-state index contributed by atoms with van der Waals surface area (Å²) in [6.07, 6.45) is 2.76. The Morgan fingerprint density at radius 1 is 1.44 bits per heavy atom. The lowest BCUT2D eigenvalue weighted by Crippen LogP contribution is -2.33. The Balaban J connectivity index is 1.67. The third-order valence-electron chi connectivity index (χ3n) is 3.34. The molecule has 1 aliphatic rings. The SMILES string of the molecule is CCN(CCNCc1cccc(OC)n1)C1CC1. The molecule has 0 radical (unpaired) electrons. The van der Waals surface area contributed by atoms with E-state index in [1.807, 2.05) is 18.2 Å². The van der Waals surface area contributed by atoms with Crippen molar-refractivity contribution < 1.29 is 4.74 Å². The Hall–Kier alpha value is -1.13. The first-order chi connectivity index (χ1) is 8.83. The van der Waals surface area contributed by atoms with Gasteiger partial charge in [0.25, 0.3) is 0 Å². The third kappa shape index (κ3) is 3.96. The Kier molecular flexibility index (Phi) is 4.96. The molecule has 0 aliphatic heterocycles. The molecule has 4 heteroatoms. The lowest BCUT2D eigenvalue weighted by atomic mass is 10.3. The Bertz CT molecular complexity index is 366. The van der Waals surface area contributed by atoms with Crippen LogP contribution in [0.25, 0.3) is 0 Å². The van der Waals surface area contributed by atoms with Gasteiger partial charge >= 0.3 is 0 Å². The maximum absolute atomic E-state index is 5.11. The molecule has 1 heterocycles. The Morgan fingerprint density at radius 3 is 2.94 bits per heavy atom. The van der Waals surface area contributed by atoms with Gasteiger partial charge in [0.2, 0.25) is 5.88 Å². The van der Waals surface area contributed by atoms with E-state index in [1.165, 1.54) is 12.8 Å². The average Bonchev–Trinajstić information content (AvgIpc) is 3.23. The molecule has 0 bridgehead atoms. The molecule has 0 unspecified atom stereocenters. The first-order valence-corrected chi connectivity index (χ1v) is 6.78. The van der Waals surface area contributed by atoms with Gasteiger partial charge in [0.15, 0.2) is 0 Å². The quantitative estimate of drug-likeness (QED) is 0.711. The van der Waals surface area contributed by atoms with Crippen LogP contribution in [0.15, 0.2) is 18.2 Å². The molecule has 4 nitrogen and oxygen atoms in total. The van der Waals surface area contributed by atoms with Crippen LogP contribution in [0.2, 0.25) is 0 Å². The largest absolute Gasteiger partial charge is 0.481 e. The predicted octanol–water partition coefficient (Wildman–Crippen LogP) is 1.66. The molecule has 100 valence electrons. The van der Waals surface area contributed by atoms with Crippen molar-refractivity contribution in [2.24, 2.45) is 0 Å². The summed E-state index contributed by atoms with van der Waals surface area (Å²) < 4.78 is 5.11. The van der Waals surface area contributed by atoms with Crippen molar-refractivity contribution in [3.05, 3.63) is 23.9 Å². The molecule has 0 atom stereocenters. The highest BCUT2D eigenvalue weighted by Crippen LogP contribution is 2.25. The summed E-state index contributed by atoms with van der Waals surface area (Å²) in [6, 6.07) is 6.72. The zero-order chi connectivity index (χ0) is 12.8. The van der Waals surface area contributed by atoms with Crippen molar-refractivity contribution in [3.63, 3.8) is 0 Å². The molecule has 0 aromatic carbocycles. The van der Waals surface area contributed by atoms with E-state index in [0.717, 1.165) is 37.9 Å². The summed E-state index contributed by atoms with van der Waals surface area (Å²) in [7, 11) is 1.65. The molecule has 0 amide bonds. The van der Waals surface area contributed by atoms with Gasteiger partial charge in [-0.2, -0.15) is 0 Å². The van der Waals surface area contributed by atoms with Gasteiger partial charge in [-0.25, -0.2) is 4.98 Å². The molecular formula is C14H23N3O. The van der Waals surface area contributed by atoms with Gasteiger partial charge in [-0.3, -0.25) is 4.90 Å². The summed E-state index contributed by atoms with van der Waals surface area (Å²) in [4.78, 5) is 6.92. The number of hydrogen-bond donors (Lipinski definition) is 1. The normalized spacial score (nSPS) is 15.1. The monoisotopic (exact) mass is 249 g/mol. The number of nitrogens with one attached hydrogen (secondary N) is 1. The first kappa shape index (κ1) is 13.3. The van der Waals surface area contributed by atoms with E-state index < -0.39 is 0 Å². The molecule has 1 saturated carbocycles. The summed E-state index contributed by atoms with van der Waals surface area (Å²) in [5.41, 5.74) is 1.03. The van der Waals surface area contributed by atoms with Crippen LogP contribution in [-0.2, 0) is 6.54 Å². The van der Waals surface area contributed by atoms with E-state index in [4.69, 9.17) is 4.74 Å². The smallest absolute Gasteiger partial charge is 0.213 e. The maximum atomic E-state index is 5.11. The topological polar surface area (TPSA) is 37.4 Å². The van der Waals surface area contributed by atoms with Crippen LogP contribution < -0.4 is 10.1 Å². The number of ether oxygens (including phenoxy) is 1. The zero-order valence-corrected chi connectivity index (χ0v) is 11.4. The minimum atomic E-state index is 0.683. The van der Waals surface area contributed by atoms with E-state index in [-0.39, 0.29) is 0 Å². The Morgan fingerprint density at radius 2 is 2.28 bits per heavy atom. The lowest BCUT2D eigenvalue weighted by molar-refractivity contribution is 0.276. The highest BCUT2D eigenvalue weighted by atomic mass is 16.5. The number of rotatable bonds is 8. The molecule has 0 spiro atoms. The summed E-state index contributed by atoms with van der Waals surface area (Å²) in [5.74, 6) is 0.683. The molecule has 2 rings (SSSR count). The first-order valence-electron chi connectivity index (χ1n) is 6.78. The summed E-state index contributed by atoms with van der Waals surface area (Å²) in [5, 5.41) is 3.44. The van der Waals surface area contributed by atoms with Gasteiger partial charge in [-0.1, -0.05) is 13.0 Å². The van der Waals surface area contributed by atoms with Crippen molar-refractivity contribution in [2.45, 2.75) is 32.4 Å². The Labute approximate surface area is 109 Å². The molecule has 1 N–H and O–H groups in total. The molecule has 18 heavy (non-hydrogen) atoms. The molecule has 1 fully saturated rings. The second-order valence-corrected chi connectivity index (χ2v) is 4.71. The highest BCUT2D eigenvalue weighted by Gasteiger charge is 2.26. The van der Waals surface area contributed by atoms with E-state index >= 15 is 0 Å². The van der Waals surface area contributed by atoms with Gasteiger partial charge in [0.05, 0.1) is 12.8 Å². The third-order valence-corrected chi connectivity index (χ3v) is 3.34. The minimum Gasteiger partial charge on any atom is -0.481 e. The van der Waals surface area contributed by atoms with Crippen LogP contribution in [0, 0.1) is 0 Å². The number of nitrogens with zero attached hydrogens (tertiary/aromatic N) is 2. The van der Waals surface area contributed by atoms with Crippen LogP contribution in [0.4, 0.5) is 0 Å². The second-order valence-electron chi connectivity index (χ2n) is 4.71. The predicted molar refractivity (Wildman–Crippen MR) is 72.8 cm³/mol. The van der Waals surface area contributed by atoms with Crippen molar-refractivity contribution >= 4 is 0 Å². The van der Waals surface area contributed by atoms with Crippen molar-refractivity contribution in [1.29, 1.82) is 0 Å². The zero-order valence-electron chi connectivity index (χ0n) is 11.4. The minimum absolute atomic E-state index is 0.683. The van der Waals surface area contributed by atoms with Gasteiger partial charge in [0, 0.05) is 31.7 Å². The molecule has 1 aromatic heterocycles. The fourth-order valence-corrected chi connectivity index (χ4v) is 2.15. The summed E-state index contributed by atoms with van der Waals surface area (Å²) >= 11 is 0. The van der Waals surface area contributed by atoms with Crippen LogP contribution in [0.3, 0.4) is 0 Å². The molecule has 0 saturated heterocycles. The van der Waals surface area contributed by atoms with Crippen molar-refractivity contribution in [2.75, 3.05) is 26.7 Å². The lowest BCUT2D eigenvalue weighted by Gasteiger charge is -2.19. The number of methoxy groups -OCH3 is 1. The maximum Gasteiger partial charge on any atom is 0.213 e. The van der Waals surface area contributed by atoms with Gasteiger partial charge < -0.3 is 10.1 Å². The van der Waals surface area contributed by atoms with Gasteiger partial charge in [0.1, 0.15) is 0 Å². The second kappa shape index (κ2) is 6.71. The van der Waals surface area contributed by atoms with Crippen LogP contribution >= 0.6 is 0 Å².